The minimum Gasteiger partial charge on any atom is -0.480 e. The molecular formula is C26H26F2N2O5. The van der Waals surface area contributed by atoms with Crippen LogP contribution in [0.2, 0.25) is 0 Å². The lowest BCUT2D eigenvalue weighted by Gasteiger charge is -2.27. The number of hydrogen-bond donors (Lipinski definition) is 2. The van der Waals surface area contributed by atoms with E-state index >= 15 is 0 Å². The summed E-state index contributed by atoms with van der Waals surface area (Å²) < 4.78 is 33.3. The van der Waals surface area contributed by atoms with Crippen molar-refractivity contribution in [1.29, 1.82) is 0 Å². The number of fused-ring (bicyclic) bond motifs is 3. The van der Waals surface area contributed by atoms with Crippen LogP contribution in [-0.2, 0) is 14.3 Å². The average molecular weight is 484 g/mol. The van der Waals surface area contributed by atoms with Gasteiger partial charge < -0.3 is 20.1 Å². The van der Waals surface area contributed by atoms with Gasteiger partial charge in [0.1, 0.15) is 12.6 Å². The summed E-state index contributed by atoms with van der Waals surface area (Å²) in [7, 11) is 0. The Morgan fingerprint density at radius 1 is 1.03 bits per heavy atom. The molecule has 1 aliphatic heterocycles. The van der Waals surface area contributed by atoms with Crippen LogP contribution in [0.1, 0.15) is 42.7 Å². The van der Waals surface area contributed by atoms with E-state index in [-0.39, 0.29) is 12.5 Å². The van der Waals surface area contributed by atoms with Crippen LogP contribution >= 0.6 is 0 Å². The van der Waals surface area contributed by atoms with Crippen LogP contribution in [0.5, 0.6) is 0 Å². The van der Waals surface area contributed by atoms with Crippen molar-refractivity contribution in [1.82, 2.24) is 10.2 Å². The van der Waals surface area contributed by atoms with E-state index in [1.165, 1.54) is 0 Å². The zero-order valence-corrected chi connectivity index (χ0v) is 19.0. The van der Waals surface area contributed by atoms with Gasteiger partial charge in [-0.15, -0.1) is 0 Å². The molecule has 1 saturated carbocycles. The van der Waals surface area contributed by atoms with Crippen LogP contribution in [0.25, 0.3) is 11.1 Å². The Balaban J connectivity index is 1.24. The summed E-state index contributed by atoms with van der Waals surface area (Å²) in [5, 5.41) is 12.0. The third kappa shape index (κ3) is 4.35. The molecule has 35 heavy (non-hydrogen) atoms. The van der Waals surface area contributed by atoms with Gasteiger partial charge in [0, 0.05) is 18.4 Å². The molecule has 2 aromatic carbocycles. The molecule has 0 radical (unpaired) electrons. The average Bonchev–Trinajstić information content (AvgIpc) is 3.51. The summed E-state index contributed by atoms with van der Waals surface area (Å²) in [4.78, 5) is 37.9. The molecule has 2 fully saturated rings. The number of hydrogen-bond acceptors (Lipinski definition) is 4. The van der Waals surface area contributed by atoms with E-state index in [0.29, 0.717) is 19.3 Å². The van der Waals surface area contributed by atoms with Gasteiger partial charge in [0.25, 0.3) is 5.92 Å². The third-order valence-corrected chi connectivity index (χ3v) is 7.32. The van der Waals surface area contributed by atoms with E-state index in [1.54, 1.807) is 0 Å². The van der Waals surface area contributed by atoms with Gasteiger partial charge in [-0.05, 0) is 35.1 Å². The number of likely N-dealkylation sites (tertiary alicyclic amines) is 1. The molecule has 1 heterocycles. The largest absolute Gasteiger partial charge is 0.480 e. The van der Waals surface area contributed by atoms with Crippen LogP contribution in [0.15, 0.2) is 48.5 Å². The first kappa shape index (κ1) is 23.3. The smallest absolute Gasteiger partial charge is 0.407 e. The molecular weight excluding hydrogens is 458 g/mol. The number of carboxylic acid groups (broad SMARTS) is 1. The van der Waals surface area contributed by atoms with Crippen LogP contribution in [0, 0.1) is 5.92 Å². The topological polar surface area (TPSA) is 95.9 Å². The number of amides is 2. The third-order valence-electron chi connectivity index (χ3n) is 7.32. The monoisotopic (exact) mass is 484 g/mol. The number of carbonyl (C=O) groups is 3. The number of alkyl carbamates (subject to hydrolysis) is 1. The van der Waals surface area contributed by atoms with E-state index in [1.807, 2.05) is 48.5 Å². The number of nitrogens with one attached hydrogen (secondary N) is 1. The Bertz CT molecular complexity index is 1120. The van der Waals surface area contributed by atoms with Crippen molar-refractivity contribution in [3.05, 3.63) is 59.7 Å². The SMILES string of the molecule is O=C(NC1CCCC1C(=O)N1CC(F)(F)C[C@@H]1C(=O)O)OCC1c2ccccc2-c2ccccc21. The molecule has 184 valence electrons. The molecule has 2 N–H and O–H groups in total. The normalized spacial score (nSPS) is 24.6. The lowest BCUT2D eigenvalue weighted by atomic mass is 9.98. The molecule has 0 aromatic heterocycles. The minimum atomic E-state index is -3.24. The van der Waals surface area contributed by atoms with Crippen molar-refractivity contribution < 1.29 is 33.0 Å². The number of rotatable bonds is 5. The van der Waals surface area contributed by atoms with Crippen molar-refractivity contribution >= 4 is 18.0 Å². The Morgan fingerprint density at radius 2 is 1.66 bits per heavy atom. The highest BCUT2D eigenvalue weighted by molar-refractivity contribution is 5.87. The maximum Gasteiger partial charge on any atom is 0.407 e. The lowest BCUT2D eigenvalue weighted by molar-refractivity contribution is -0.150. The number of carboxylic acids is 1. The van der Waals surface area contributed by atoms with Crippen molar-refractivity contribution in [2.24, 2.45) is 5.92 Å². The van der Waals surface area contributed by atoms with E-state index < -0.39 is 54.9 Å². The Morgan fingerprint density at radius 3 is 2.29 bits per heavy atom. The highest BCUT2D eigenvalue weighted by Crippen LogP contribution is 2.44. The van der Waals surface area contributed by atoms with Gasteiger partial charge in [-0.3, -0.25) is 4.79 Å². The van der Waals surface area contributed by atoms with E-state index in [2.05, 4.69) is 5.32 Å². The molecule has 9 heteroatoms. The molecule has 2 unspecified atom stereocenters. The van der Waals surface area contributed by atoms with Crippen molar-refractivity contribution in [3.8, 4) is 11.1 Å². The van der Waals surface area contributed by atoms with Gasteiger partial charge >= 0.3 is 12.1 Å². The van der Waals surface area contributed by atoms with E-state index in [9.17, 15) is 28.3 Å². The summed E-state index contributed by atoms with van der Waals surface area (Å²) in [6, 6.07) is 13.8. The molecule has 2 amide bonds. The van der Waals surface area contributed by atoms with E-state index in [4.69, 9.17) is 4.74 Å². The first-order chi connectivity index (χ1) is 16.7. The Hall–Kier alpha value is -3.49. The number of halogens is 2. The standard InChI is InChI=1S/C26H26F2N2O5/c27-26(28)12-22(24(32)33)30(14-26)23(31)19-10-5-11-21(19)29-25(34)35-13-20-17-8-3-1-6-15(17)16-7-2-4-9-18(16)20/h1-4,6-9,19-22H,5,10-14H2,(H,29,34)(H,32,33)/t19?,21?,22-/m1/s1. The molecule has 1 saturated heterocycles. The van der Waals surface area contributed by atoms with Gasteiger partial charge in [0.2, 0.25) is 5.91 Å². The molecule has 3 aliphatic rings. The quantitative estimate of drug-likeness (QED) is 0.669. The number of alkyl halides is 2. The molecule has 0 spiro atoms. The fourth-order valence-corrected chi connectivity index (χ4v) is 5.70. The van der Waals surface area contributed by atoms with Crippen LogP contribution in [0.3, 0.4) is 0 Å². The summed E-state index contributed by atoms with van der Waals surface area (Å²) in [6.07, 6.45) is -0.0830. The first-order valence-corrected chi connectivity index (χ1v) is 11.8. The van der Waals surface area contributed by atoms with E-state index in [0.717, 1.165) is 27.2 Å². The Kier molecular flexibility index (Phi) is 5.94. The zero-order chi connectivity index (χ0) is 24.7. The number of carbonyl (C=O) groups excluding carboxylic acids is 2. The maximum atomic E-state index is 13.9. The van der Waals surface area contributed by atoms with Crippen molar-refractivity contribution in [2.75, 3.05) is 13.2 Å². The van der Waals surface area contributed by atoms with Gasteiger partial charge in [-0.1, -0.05) is 55.0 Å². The molecule has 5 rings (SSSR count). The first-order valence-electron chi connectivity index (χ1n) is 11.8. The fourth-order valence-electron chi connectivity index (χ4n) is 5.70. The predicted molar refractivity (Wildman–Crippen MR) is 122 cm³/mol. The molecule has 2 aliphatic carbocycles. The van der Waals surface area contributed by atoms with Crippen molar-refractivity contribution in [3.63, 3.8) is 0 Å². The minimum absolute atomic E-state index is 0.114. The van der Waals surface area contributed by atoms with Gasteiger partial charge in [-0.2, -0.15) is 0 Å². The number of aliphatic carboxylic acids is 1. The van der Waals surface area contributed by atoms with Gasteiger partial charge in [-0.25, -0.2) is 18.4 Å². The highest BCUT2D eigenvalue weighted by Gasteiger charge is 2.52. The summed E-state index contributed by atoms with van der Waals surface area (Å²) in [6.45, 7) is -0.804. The fraction of sp³-hybridized carbons (Fsp3) is 0.423. The van der Waals surface area contributed by atoms with Crippen molar-refractivity contribution in [2.45, 2.75) is 49.6 Å². The second-order valence-corrected chi connectivity index (χ2v) is 9.49. The second kappa shape index (κ2) is 8.94. The van der Waals surface area contributed by atoms with Gasteiger partial charge in [0.05, 0.1) is 12.5 Å². The summed E-state index contributed by atoms with van der Waals surface area (Å²) in [5.41, 5.74) is 4.36. The maximum absolute atomic E-state index is 13.9. The highest BCUT2D eigenvalue weighted by atomic mass is 19.3. The molecule has 7 nitrogen and oxygen atoms in total. The zero-order valence-electron chi connectivity index (χ0n) is 19.0. The number of nitrogens with zero attached hydrogens (tertiary/aromatic N) is 1. The molecule has 2 aromatic rings. The number of ether oxygens (including phenoxy) is 1. The Labute approximate surface area is 201 Å². The van der Waals surface area contributed by atoms with Gasteiger partial charge in [0.15, 0.2) is 0 Å². The molecule has 0 bridgehead atoms. The number of benzene rings is 2. The molecule has 3 atom stereocenters. The lowest BCUT2D eigenvalue weighted by Crippen LogP contribution is -2.49. The van der Waals surface area contributed by atoms with Crippen LogP contribution < -0.4 is 5.32 Å². The predicted octanol–water partition coefficient (Wildman–Crippen LogP) is 4.01. The van der Waals surface area contributed by atoms with Crippen LogP contribution in [0.4, 0.5) is 13.6 Å². The summed E-state index contributed by atoms with van der Waals surface area (Å²) >= 11 is 0. The van der Waals surface area contributed by atoms with Crippen LogP contribution in [-0.4, -0.2) is 59.1 Å². The second-order valence-electron chi connectivity index (χ2n) is 9.49. The summed E-state index contributed by atoms with van der Waals surface area (Å²) in [5.74, 6) is -6.22.